The number of carboxylic acid groups (broad SMARTS) is 1. The Kier molecular flexibility index (Phi) is 9.45. The largest absolute Gasteiger partial charge is 1.00 e. The van der Waals surface area contributed by atoms with E-state index in [0.29, 0.717) is 33.8 Å². The van der Waals surface area contributed by atoms with E-state index < -0.39 is 11.8 Å². The number of aromatic nitrogens is 2. The molecular formula is C27H23N2NaO6S. The Hall–Kier alpha value is -3.24. The van der Waals surface area contributed by atoms with Gasteiger partial charge in [0.1, 0.15) is 16.8 Å². The number of aryl methyl sites for hydroxylation is 1. The maximum Gasteiger partial charge on any atom is 1.00 e. The minimum absolute atomic E-state index is 0. The molecule has 1 aromatic heterocycles. The number of fused-ring (bicyclic) bond motifs is 1. The van der Waals surface area contributed by atoms with Crippen LogP contribution in [-0.4, -0.2) is 41.8 Å². The van der Waals surface area contributed by atoms with E-state index in [1.807, 2.05) is 13.0 Å². The molecule has 0 aliphatic carbocycles. The molecule has 1 heterocycles. The van der Waals surface area contributed by atoms with Gasteiger partial charge in [-0.05, 0) is 60.0 Å². The van der Waals surface area contributed by atoms with Crippen LogP contribution < -0.4 is 48.9 Å². The maximum atomic E-state index is 13.9. The van der Waals surface area contributed by atoms with Gasteiger partial charge in [-0.25, -0.2) is 0 Å². The number of Topliss-reactive ketones (excluding diaryl/α,β-unsaturated/α-hetero) is 1. The fraction of sp³-hybridized carbons (Fsp3) is 0.185. The summed E-state index contributed by atoms with van der Waals surface area (Å²) in [6.45, 7) is 1.88. The number of allylic oxidation sites excluding steroid dienone is 1. The second-order valence-corrected chi connectivity index (χ2v) is 8.52. The Morgan fingerprint density at radius 1 is 0.811 bits per heavy atom. The molecule has 0 radical (unpaired) electrons. The average molecular weight is 527 g/mol. The fourth-order valence-electron chi connectivity index (χ4n) is 4.04. The summed E-state index contributed by atoms with van der Waals surface area (Å²) in [5.74, 6) is -0.441. The van der Waals surface area contributed by atoms with Gasteiger partial charge in [0.25, 0.3) is 0 Å². The van der Waals surface area contributed by atoms with Gasteiger partial charge in [-0.1, -0.05) is 18.2 Å². The summed E-state index contributed by atoms with van der Waals surface area (Å²) in [7, 11) is 4.53. The Labute approximate surface area is 240 Å². The molecule has 4 aromatic rings. The smallest absolute Gasteiger partial charge is 0.545 e. The van der Waals surface area contributed by atoms with Crippen LogP contribution in [0.15, 0.2) is 60.2 Å². The third kappa shape index (κ3) is 6.02. The summed E-state index contributed by atoms with van der Waals surface area (Å²) in [5.41, 5.74) is 3.19. The minimum atomic E-state index is -1.47. The molecule has 184 valence electrons. The molecule has 0 fully saturated rings. The molecule has 0 amide bonds. The molecule has 4 rings (SSSR count). The van der Waals surface area contributed by atoms with Gasteiger partial charge < -0.3 is 24.1 Å². The van der Waals surface area contributed by atoms with E-state index in [1.54, 1.807) is 49.6 Å². The molecular weight excluding hydrogens is 503 g/mol. The number of methoxy groups -OCH3 is 3. The van der Waals surface area contributed by atoms with Gasteiger partial charge in [-0.3, -0.25) is 4.79 Å². The number of carboxylic acids is 1. The molecule has 0 spiro atoms. The van der Waals surface area contributed by atoms with Crippen molar-refractivity contribution in [2.24, 2.45) is 0 Å². The maximum absolute atomic E-state index is 13.9. The van der Waals surface area contributed by atoms with Crippen molar-refractivity contribution in [1.82, 2.24) is 8.75 Å². The number of carbonyl (C=O) groups is 2. The molecule has 0 saturated heterocycles. The van der Waals surface area contributed by atoms with Crippen molar-refractivity contribution in [3.05, 3.63) is 82.4 Å². The number of hydrogen-bond donors (Lipinski definition) is 0. The number of carbonyl (C=O) groups excluding carboxylic acids is 2. The molecule has 8 nitrogen and oxygen atoms in total. The normalized spacial score (nSPS) is 11.4. The van der Waals surface area contributed by atoms with Crippen molar-refractivity contribution in [3.63, 3.8) is 0 Å². The summed E-state index contributed by atoms with van der Waals surface area (Å²) in [4.78, 5) is 26.4. The number of rotatable bonds is 9. The van der Waals surface area contributed by atoms with Crippen molar-refractivity contribution in [2.75, 3.05) is 21.3 Å². The molecule has 0 bridgehead atoms. The molecule has 0 N–H and O–H groups in total. The van der Waals surface area contributed by atoms with Crippen LogP contribution >= 0.6 is 11.7 Å². The molecule has 3 aromatic carbocycles. The quantitative estimate of drug-likeness (QED) is 0.178. The van der Waals surface area contributed by atoms with Gasteiger partial charge in [0.2, 0.25) is 0 Å². The molecule has 0 atom stereocenters. The summed E-state index contributed by atoms with van der Waals surface area (Å²) in [5, 5.41) is 12.5. The Balaban J connectivity index is 0.00000380. The van der Waals surface area contributed by atoms with Crippen LogP contribution in [0, 0.1) is 6.92 Å². The predicted octanol–water partition coefficient (Wildman–Crippen LogP) is 0.659. The van der Waals surface area contributed by atoms with Crippen LogP contribution in [0.3, 0.4) is 0 Å². The second kappa shape index (κ2) is 12.3. The standard InChI is InChI=1S/C27H24N2O6S.Na/c1-15-11-16(5-9-22(15)33-2)12-19(26(30)18-7-10-23(34-3)24(14-18)35-4)25(27(31)32)17-6-8-20-21(13-17)29-36-28-20;/h5-11,13-14H,12H2,1-4H3,(H,31,32);/q;+1/p-1. The van der Waals surface area contributed by atoms with Crippen LogP contribution in [0.2, 0.25) is 0 Å². The molecule has 0 saturated carbocycles. The summed E-state index contributed by atoms with van der Waals surface area (Å²) in [6.07, 6.45) is 0.0503. The second-order valence-electron chi connectivity index (χ2n) is 7.99. The predicted molar refractivity (Wildman–Crippen MR) is 135 cm³/mol. The number of ether oxygens (including phenoxy) is 3. The first-order valence-electron chi connectivity index (χ1n) is 10.9. The van der Waals surface area contributed by atoms with Crippen LogP contribution in [0.25, 0.3) is 16.6 Å². The van der Waals surface area contributed by atoms with Crippen LogP contribution in [0.4, 0.5) is 0 Å². The first kappa shape index (κ1) is 28.3. The summed E-state index contributed by atoms with van der Waals surface area (Å²) >= 11 is 1.02. The van der Waals surface area contributed by atoms with E-state index in [-0.39, 0.29) is 52.7 Å². The summed E-state index contributed by atoms with van der Waals surface area (Å²) in [6, 6.07) is 15.0. The van der Waals surface area contributed by atoms with Gasteiger partial charge in [0.15, 0.2) is 17.3 Å². The van der Waals surface area contributed by atoms with Crippen LogP contribution in [0.1, 0.15) is 27.0 Å². The minimum Gasteiger partial charge on any atom is -0.545 e. The van der Waals surface area contributed by atoms with Crippen molar-refractivity contribution < 1.29 is 58.5 Å². The van der Waals surface area contributed by atoms with E-state index in [9.17, 15) is 14.7 Å². The first-order valence-corrected chi connectivity index (χ1v) is 11.7. The number of benzene rings is 3. The van der Waals surface area contributed by atoms with Crippen molar-refractivity contribution in [2.45, 2.75) is 13.3 Å². The van der Waals surface area contributed by atoms with Crippen molar-refractivity contribution in [3.8, 4) is 17.2 Å². The van der Waals surface area contributed by atoms with E-state index in [4.69, 9.17) is 14.2 Å². The Bertz CT molecular complexity index is 1500. The molecule has 0 aliphatic heterocycles. The van der Waals surface area contributed by atoms with E-state index >= 15 is 0 Å². The van der Waals surface area contributed by atoms with Crippen LogP contribution in [0.5, 0.6) is 17.2 Å². The van der Waals surface area contributed by atoms with Gasteiger partial charge in [0.05, 0.1) is 39.0 Å². The molecule has 37 heavy (non-hydrogen) atoms. The Morgan fingerprint density at radius 2 is 1.46 bits per heavy atom. The molecule has 0 aliphatic rings. The van der Waals surface area contributed by atoms with Gasteiger partial charge >= 0.3 is 29.6 Å². The zero-order valence-corrected chi connectivity index (χ0v) is 24.0. The fourth-order valence-corrected chi connectivity index (χ4v) is 4.56. The van der Waals surface area contributed by atoms with Gasteiger partial charge in [-0.15, -0.1) is 0 Å². The molecule has 0 unspecified atom stereocenters. The summed E-state index contributed by atoms with van der Waals surface area (Å²) < 4.78 is 24.3. The zero-order chi connectivity index (χ0) is 25.8. The van der Waals surface area contributed by atoms with Crippen molar-refractivity contribution >= 4 is 40.1 Å². The molecule has 10 heteroatoms. The third-order valence-corrected chi connectivity index (χ3v) is 6.37. The number of nitrogens with zero attached hydrogens (tertiary/aromatic N) is 2. The average Bonchev–Trinajstić information content (AvgIpc) is 3.35. The topological polar surface area (TPSA) is 111 Å². The van der Waals surface area contributed by atoms with E-state index in [1.165, 1.54) is 20.3 Å². The van der Waals surface area contributed by atoms with Gasteiger partial charge in [-0.2, -0.15) is 8.75 Å². The zero-order valence-electron chi connectivity index (χ0n) is 21.2. The monoisotopic (exact) mass is 526 g/mol. The Morgan fingerprint density at radius 3 is 2.11 bits per heavy atom. The van der Waals surface area contributed by atoms with Gasteiger partial charge in [0, 0.05) is 23.1 Å². The number of hydrogen-bond acceptors (Lipinski definition) is 9. The number of aliphatic carboxylic acids is 1. The third-order valence-electron chi connectivity index (χ3n) is 5.81. The van der Waals surface area contributed by atoms with E-state index in [2.05, 4.69) is 8.75 Å². The SMILES string of the molecule is COc1ccc(CC(C(=O)c2ccc(OC)c(OC)c2)=C(C(=O)[O-])c2ccc3nsnc3c2)cc1C.[Na+]. The van der Waals surface area contributed by atoms with E-state index in [0.717, 1.165) is 22.9 Å². The number of ketones is 1. The first-order chi connectivity index (χ1) is 17.4. The van der Waals surface area contributed by atoms with Crippen molar-refractivity contribution in [1.29, 1.82) is 0 Å². The van der Waals surface area contributed by atoms with Crippen LogP contribution in [-0.2, 0) is 11.2 Å².